The molecule has 4 rings (SSSR count). The quantitative estimate of drug-likeness (QED) is 0.651. The van der Waals surface area contributed by atoms with Crippen LogP contribution in [0.4, 0.5) is 5.69 Å². The van der Waals surface area contributed by atoms with Gasteiger partial charge in [-0.2, -0.15) is 0 Å². The molecular formula is C16H11NO2. The highest BCUT2D eigenvalue weighted by Crippen LogP contribution is 2.41. The lowest BCUT2D eigenvalue weighted by Crippen LogP contribution is -2.25. The van der Waals surface area contributed by atoms with Crippen molar-refractivity contribution in [1.29, 1.82) is 0 Å². The first-order chi connectivity index (χ1) is 9.42. The van der Waals surface area contributed by atoms with Crippen LogP contribution in [0.3, 0.4) is 0 Å². The van der Waals surface area contributed by atoms with E-state index in [2.05, 4.69) is 6.07 Å². The molecule has 0 bridgehead atoms. The predicted octanol–water partition coefficient (Wildman–Crippen LogP) is 3.95. The number of anilines is 1. The van der Waals surface area contributed by atoms with Crippen molar-refractivity contribution < 1.29 is 9.68 Å². The Bertz CT molecular complexity index is 740. The Kier molecular flexibility index (Phi) is 2.12. The summed E-state index contributed by atoms with van der Waals surface area (Å²) >= 11 is 0. The number of rotatable bonds is 1. The fraction of sp³-hybridized carbons (Fsp3) is 0. The van der Waals surface area contributed by atoms with Gasteiger partial charge in [-0.1, -0.05) is 48.5 Å². The van der Waals surface area contributed by atoms with Crippen LogP contribution >= 0.6 is 0 Å². The molecule has 0 saturated heterocycles. The van der Waals surface area contributed by atoms with E-state index in [0.29, 0.717) is 0 Å². The molecule has 1 aliphatic heterocycles. The second-order valence-electron chi connectivity index (χ2n) is 4.39. The van der Waals surface area contributed by atoms with Crippen molar-refractivity contribution in [2.45, 2.75) is 0 Å². The van der Waals surface area contributed by atoms with Gasteiger partial charge in [0.2, 0.25) is 11.5 Å². The summed E-state index contributed by atoms with van der Waals surface area (Å²) in [6.45, 7) is 0. The minimum absolute atomic E-state index is 0.738. The number of fused-ring (bicyclic) bond motifs is 3. The van der Waals surface area contributed by atoms with E-state index in [9.17, 15) is 0 Å². The molecule has 3 nitrogen and oxygen atoms in total. The summed E-state index contributed by atoms with van der Waals surface area (Å²) in [5, 5.41) is 3.63. The Labute approximate surface area is 110 Å². The van der Waals surface area contributed by atoms with Gasteiger partial charge in [-0.15, -0.1) is 0 Å². The summed E-state index contributed by atoms with van der Waals surface area (Å²) in [5.41, 5.74) is 0.864. The van der Waals surface area contributed by atoms with Gasteiger partial charge in [0.25, 0.3) is 0 Å². The summed E-state index contributed by atoms with van der Waals surface area (Å²) in [4.78, 5) is 11.5. The van der Waals surface area contributed by atoms with Crippen molar-refractivity contribution >= 4 is 16.5 Å². The third kappa shape index (κ3) is 1.59. The van der Waals surface area contributed by atoms with Crippen LogP contribution in [0.25, 0.3) is 10.8 Å². The minimum Gasteiger partial charge on any atom is -0.341 e. The Morgan fingerprint density at radius 1 is 0.684 bits per heavy atom. The van der Waals surface area contributed by atoms with Crippen molar-refractivity contribution in [1.82, 2.24) is 0 Å². The molecule has 0 atom stereocenters. The maximum atomic E-state index is 5.82. The molecule has 92 valence electrons. The molecule has 19 heavy (non-hydrogen) atoms. The Morgan fingerprint density at radius 2 is 1.47 bits per heavy atom. The van der Waals surface area contributed by atoms with E-state index in [-0.39, 0.29) is 0 Å². The van der Waals surface area contributed by atoms with Crippen molar-refractivity contribution in [2.24, 2.45) is 0 Å². The molecule has 3 heteroatoms. The highest BCUT2D eigenvalue weighted by atomic mass is 17.0. The van der Waals surface area contributed by atoms with Gasteiger partial charge in [-0.3, -0.25) is 0 Å². The summed E-state index contributed by atoms with van der Waals surface area (Å²) in [5.74, 6) is 1.50. The molecule has 0 aliphatic carbocycles. The Balaban J connectivity index is 1.80. The van der Waals surface area contributed by atoms with Crippen molar-refractivity contribution in [3.05, 3.63) is 66.7 Å². The van der Waals surface area contributed by atoms with Crippen molar-refractivity contribution in [3.63, 3.8) is 0 Å². The predicted molar refractivity (Wildman–Crippen MR) is 74.1 cm³/mol. The van der Waals surface area contributed by atoms with Crippen LogP contribution in [0.1, 0.15) is 0 Å². The first kappa shape index (κ1) is 10.3. The molecule has 0 spiro atoms. The number of hydrogen-bond acceptors (Lipinski definition) is 3. The molecule has 0 saturated carbocycles. The maximum absolute atomic E-state index is 5.82. The SMILES string of the molecule is c1ccc(N2Oc3ccc4ccccc4c3O2)cc1. The summed E-state index contributed by atoms with van der Waals surface area (Å²) in [7, 11) is 0. The first-order valence-electron chi connectivity index (χ1n) is 6.15. The van der Waals surface area contributed by atoms with Crippen LogP contribution in [0, 0.1) is 0 Å². The fourth-order valence-electron chi connectivity index (χ4n) is 2.24. The standard InChI is InChI=1S/C16H11NO2/c1-2-7-13(8-3-1)17-18-15-11-10-12-6-4-5-9-14(12)16(15)19-17/h1-11H. The van der Waals surface area contributed by atoms with Crippen molar-refractivity contribution in [2.75, 3.05) is 5.23 Å². The van der Waals surface area contributed by atoms with Gasteiger partial charge >= 0.3 is 0 Å². The van der Waals surface area contributed by atoms with Crippen LogP contribution in [0.5, 0.6) is 11.5 Å². The number of hydrogen-bond donors (Lipinski definition) is 0. The van der Waals surface area contributed by atoms with Gasteiger partial charge in [0.15, 0.2) is 0 Å². The monoisotopic (exact) mass is 249 g/mol. The van der Waals surface area contributed by atoms with E-state index in [1.54, 1.807) is 0 Å². The highest BCUT2D eigenvalue weighted by Gasteiger charge is 2.25. The van der Waals surface area contributed by atoms with E-state index < -0.39 is 0 Å². The van der Waals surface area contributed by atoms with Gasteiger partial charge in [-0.05, 0) is 28.8 Å². The summed E-state index contributed by atoms with van der Waals surface area (Å²) in [6.07, 6.45) is 0. The minimum atomic E-state index is 0.738. The molecule has 0 N–H and O–H groups in total. The molecule has 1 aliphatic rings. The lowest BCUT2D eigenvalue weighted by molar-refractivity contribution is 0.123. The third-order valence-electron chi connectivity index (χ3n) is 3.17. The largest absolute Gasteiger partial charge is 0.341 e. The van der Waals surface area contributed by atoms with E-state index in [1.165, 1.54) is 5.23 Å². The molecule has 1 heterocycles. The van der Waals surface area contributed by atoms with E-state index in [4.69, 9.17) is 9.68 Å². The average molecular weight is 249 g/mol. The Morgan fingerprint density at radius 3 is 2.37 bits per heavy atom. The zero-order valence-corrected chi connectivity index (χ0v) is 10.1. The average Bonchev–Trinajstić information content (AvgIpc) is 2.93. The molecule has 0 fully saturated rings. The smallest absolute Gasteiger partial charge is 0.212 e. The van der Waals surface area contributed by atoms with E-state index in [1.807, 2.05) is 60.7 Å². The van der Waals surface area contributed by atoms with E-state index in [0.717, 1.165) is 28.0 Å². The zero-order chi connectivity index (χ0) is 12.7. The molecule has 0 unspecified atom stereocenters. The lowest BCUT2D eigenvalue weighted by atomic mass is 10.1. The van der Waals surface area contributed by atoms with Crippen LogP contribution in [-0.2, 0) is 0 Å². The van der Waals surface area contributed by atoms with Crippen LogP contribution in [0.15, 0.2) is 66.7 Å². The van der Waals surface area contributed by atoms with Crippen molar-refractivity contribution in [3.8, 4) is 11.5 Å². The van der Waals surface area contributed by atoms with Gasteiger partial charge < -0.3 is 9.68 Å². The fourth-order valence-corrected chi connectivity index (χ4v) is 2.24. The third-order valence-corrected chi connectivity index (χ3v) is 3.17. The second kappa shape index (κ2) is 3.92. The van der Waals surface area contributed by atoms with Crippen LogP contribution in [0.2, 0.25) is 0 Å². The second-order valence-corrected chi connectivity index (χ2v) is 4.39. The number of nitrogens with zero attached hydrogens (tertiary/aromatic N) is 1. The van der Waals surface area contributed by atoms with Crippen LogP contribution in [-0.4, -0.2) is 0 Å². The molecule has 0 aromatic heterocycles. The molecular weight excluding hydrogens is 238 g/mol. The van der Waals surface area contributed by atoms with Gasteiger partial charge in [-0.25, -0.2) is 0 Å². The van der Waals surface area contributed by atoms with E-state index >= 15 is 0 Å². The normalized spacial score (nSPS) is 12.9. The van der Waals surface area contributed by atoms with Gasteiger partial charge in [0, 0.05) is 5.39 Å². The molecule has 0 radical (unpaired) electrons. The maximum Gasteiger partial charge on any atom is 0.212 e. The Hall–Kier alpha value is -2.68. The highest BCUT2D eigenvalue weighted by molar-refractivity contribution is 5.91. The van der Waals surface area contributed by atoms with Gasteiger partial charge in [0.05, 0.1) is 0 Å². The van der Waals surface area contributed by atoms with Crippen LogP contribution < -0.4 is 14.9 Å². The molecule has 3 aromatic rings. The lowest BCUT2D eigenvalue weighted by Gasteiger charge is -2.13. The topological polar surface area (TPSA) is 21.7 Å². The summed E-state index contributed by atoms with van der Waals surface area (Å²) < 4.78 is 0. The summed E-state index contributed by atoms with van der Waals surface area (Å²) in [6, 6.07) is 21.8. The zero-order valence-electron chi connectivity index (χ0n) is 10.1. The molecule has 0 amide bonds. The molecule has 3 aromatic carbocycles. The van der Waals surface area contributed by atoms with Gasteiger partial charge in [0.1, 0.15) is 5.69 Å². The number of benzene rings is 3. The number of para-hydroxylation sites is 1. The first-order valence-corrected chi connectivity index (χ1v) is 6.15.